The van der Waals surface area contributed by atoms with Gasteiger partial charge in [-0.05, 0) is 19.1 Å². The predicted octanol–water partition coefficient (Wildman–Crippen LogP) is 0.192. The maximum absolute atomic E-state index is 13.0. The molecule has 10 nitrogen and oxygen atoms in total. The molecule has 0 spiro atoms. The number of benzene rings is 1. The molecule has 0 radical (unpaired) electrons. The fourth-order valence-electron chi connectivity index (χ4n) is 3.65. The normalized spacial score (nSPS) is 16.2. The van der Waals surface area contributed by atoms with Crippen molar-refractivity contribution in [3.63, 3.8) is 0 Å². The van der Waals surface area contributed by atoms with Crippen molar-refractivity contribution in [1.82, 2.24) is 18.7 Å². The van der Waals surface area contributed by atoms with Gasteiger partial charge >= 0.3 is 11.7 Å². The number of rotatable bonds is 4. The van der Waals surface area contributed by atoms with Crippen LogP contribution >= 0.6 is 0 Å². The van der Waals surface area contributed by atoms with E-state index in [0.29, 0.717) is 12.5 Å². The zero-order chi connectivity index (χ0) is 20.9. The lowest BCUT2D eigenvalue weighted by Crippen LogP contribution is -2.42. The molecule has 29 heavy (non-hydrogen) atoms. The van der Waals surface area contributed by atoms with Gasteiger partial charge in [0.2, 0.25) is 5.95 Å². The molecule has 0 saturated heterocycles. The maximum atomic E-state index is 13.0. The van der Waals surface area contributed by atoms with Crippen molar-refractivity contribution in [3.05, 3.63) is 50.7 Å². The molecule has 0 amide bonds. The summed E-state index contributed by atoms with van der Waals surface area (Å²) in [7, 11) is 1.49. The van der Waals surface area contributed by atoms with Crippen molar-refractivity contribution in [1.29, 1.82) is 0 Å². The Labute approximate surface area is 164 Å². The third-order valence-corrected chi connectivity index (χ3v) is 5.14. The molecule has 0 fully saturated rings. The van der Waals surface area contributed by atoms with Crippen LogP contribution in [0.3, 0.4) is 0 Å². The number of anilines is 2. The first kappa shape index (κ1) is 18.9. The first-order chi connectivity index (χ1) is 13.8. The van der Waals surface area contributed by atoms with Gasteiger partial charge in [0, 0.05) is 19.3 Å². The average Bonchev–Trinajstić information content (AvgIpc) is 3.05. The van der Waals surface area contributed by atoms with Crippen LogP contribution in [0.4, 0.5) is 11.6 Å². The van der Waals surface area contributed by atoms with E-state index < -0.39 is 23.3 Å². The highest BCUT2D eigenvalue weighted by Gasteiger charge is 2.30. The van der Waals surface area contributed by atoms with Gasteiger partial charge in [0.15, 0.2) is 11.2 Å². The summed E-state index contributed by atoms with van der Waals surface area (Å²) in [6.07, 6.45) is -1.09. The fourth-order valence-corrected chi connectivity index (χ4v) is 3.65. The Morgan fingerprint density at radius 3 is 2.55 bits per heavy atom. The minimum Gasteiger partial charge on any atom is -0.481 e. The molecular weight excluding hydrogens is 378 g/mol. The molecule has 1 aliphatic heterocycles. The number of carbonyl (C=O) groups is 1. The van der Waals surface area contributed by atoms with Gasteiger partial charge in [0.1, 0.15) is 0 Å². The van der Waals surface area contributed by atoms with Crippen LogP contribution in [0.25, 0.3) is 11.2 Å². The lowest BCUT2D eigenvalue weighted by Gasteiger charge is -2.32. The first-order valence-electron chi connectivity index (χ1n) is 9.22. The number of aliphatic carboxylic acids is 1. The van der Waals surface area contributed by atoms with Crippen LogP contribution < -0.4 is 16.1 Å². The van der Waals surface area contributed by atoms with E-state index in [1.54, 1.807) is 9.47 Å². The fraction of sp³-hybridized carbons (Fsp3) is 0.368. The van der Waals surface area contributed by atoms with Crippen LogP contribution in [0.2, 0.25) is 0 Å². The lowest BCUT2D eigenvalue weighted by atomic mass is 10.2. The van der Waals surface area contributed by atoms with Crippen molar-refractivity contribution in [2.45, 2.75) is 32.5 Å². The molecule has 2 aromatic heterocycles. The second kappa shape index (κ2) is 6.89. The van der Waals surface area contributed by atoms with Crippen molar-refractivity contribution in [2.24, 2.45) is 7.05 Å². The molecule has 1 aliphatic rings. The second-order valence-corrected chi connectivity index (χ2v) is 7.24. The van der Waals surface area contributed by atoms with Gasteiger partial charge in [-0.1, -0.05) is 17.7 Å². The largest absolute Gasteiger partial charge is 0.481 e. The third kappa shape index (κ3) is 3.11. The van der Waals surface area contributed by atoms with Crippen molar-refractivity contribution >= 4 is 28.8 Å². The summed E-state index contributed by atoms with van der Waals surface area (Å²) >= 11 is 0. The van der Waals surface area contributed by atoms with Crippen LogP contribution in [-0.2, 0) is 24.9 Å². The number of hydrogen-bond donors (Lipinski definition) is 2. The van der Waals surface area contributed by atoms with Gasteiger partial charge in [0.05, 0.1) is 25.6 Å². The van der Waals surface area contributed by atoms with E-state index in [1.165, 1.54) is 11.6 Å². The molecule has 0 saturated carbocycles. The number of carboxylic acids is 1. The summed E-state index contributed by atoms with van der Waals surface area (Å²) in [6, 6.07) is 7.69. The summed E-state index contributed by atoms with van der Waals surface area (Å²) in [6.45, 7) is 2.19. The Hall–Kier alpha value is -3.40. The lowest BCUT2D eigenvalue weighted by molar-refractivity contribution is -0.137. The summed E-state index contributed by atoms with van der Waals surface area (Å²) in [4.78, 5) is 42.9. The summed E-state index contributed by atoms with van der Waals surface area (Å²) < 4.78 is 3.74. The van der Waals surface area contributed by atoms with Crippen molar-refractivity contribution < 1.29 is 15.0 Å². The van der Waals surface area contributed by atoms with Gasteiger partial charge in [-0.3, -0.25) is 18.7 Å². The molecule has 2 N–H and O–H groups in total. The minimum absolute atomic E-state index is 0.153. The monoisotopic (exact) mass is 399 g/mol. The SMILES string of the molecule is Cc1ccc(N2C[C@H](O)Cn3c2nc2c3c(=O)n(CCC(=O)O)c(=O)n2C)cc1. The Morgan fingerprint density at radius 2 is 1.90 bits per heavy atom. The molecule has 0 unspecified atom stereocenters. The van der Waals surface area contributed by atoms with E-state index in [1.807, 2.05) is 31.2 Å². The summed E-state index contributed by atoms with van der Waals surface area (Å²) in [5.41, 5.74) is 1.03. The Morgan fingerprint density at radius 1 is 1.21 bits per heavy atom. The number of hydrogen-bond acceptors (Lipinski definition) is 6. The number of imidazole rings is 1. The number of fused-ring (bicyclic) bond motifs is 3. The van der Waals surface area contributed by atoms with Crippen LogP contribution in [-0.4, -0.2) is 47.5 Å². The highest BCUT2D eigenvalue weighted by molar-refractivity contribution is 5.77. The van der Waals surface area contributed by atoms with E-state index in [-0.39, 0.29) is 30.7 Å². The molecule has 3 aromatic rings. The molecule has 1 atom stereocenters. The number of aliphatic hydroxyl groups excluding tert-OH is 1. The number of carboxylic acid groups (broad SMARTS) is 1. The van der Waals surface area contributed by atoms with Gasteiger partial charge in [-0.15, -0.1) is 0 Å². The highest BCUT2D eigenvalue weighted by atomic mass is 16.4. The van der Waals surface area contributed by atoms with Crippen LogP contribution in [0.1, 0.15) is 12.0 Å². The molecule has 4 rings (SSSR count). The standard InChI is InChI=1S/C19H21N5O5/c1-11-3-5-12(6-4-11)23-9-13(25)10-24-15-16(20-18(23)24)21(2)19(29)22(17(15)28)8-7-14(26)27/h3-6,13,25H,7-10H2,1-2H3,(H,26,27)/t13-/m0/s1. The van der Waals surface area contributed by atoms with E-state index >= 15 is 0 Å². The van der Waals surface area contributed by atoms with E-state index in [4.69, 9.17) is 5.11 Å². The zero-order valence-electron chi connectivity index (χ0n) is 16.1. The van der Waals surface area contributed by atoms with Gasteiger partial charge in [0.25, 0.3) is 5.56 Å². The Kier molecular flexibility index (Phi) is 4.50. The van der Waals surface area contributed by atoms with Crippen molar-refractivity contribution in [3.8, 4) is 0 Å². The topological polar surface area (TPSA) is 123 Å². The predicted molar refractivity (Wildman–Crippen MR) is 106 cm³/mol. The van der Waals surface area contributed by atoms with E-state index in [0.717, 1.165) is 15.8 Å². The number of β-amino-alcohol motifs (C(OH)–C–C–N with tert-alkyl or cyclic N) is 1. The Balaban J connectivity index is 1.95. The molecular formula is C19H21N5O5. The molecule has 10 heteroatoms. The van der Waals surface area contributed by atoms with Crippen LogP contribution in [0.5, 0.6) is 0 Å². The van der Waals surface area contributed by atoms with Crippen LogP contribution in [0.15, 0.2) is 33.9 Å². The van der Waals surface area contributed by atoms with Gasteiger partial charge in [-0.2, -0.15) is 4.98 Å². The van der Waals surface area contributed by atoms with Gasteiger partial charge in [-0.25, -0.2) is 4.79 Å². The zero-order valence-corrected chi connectivity index (χ0v) is 16.1. The molecule has 3 heterocycles. The molecule has 152 valence electrons. The van der Waals surface area contributed by atoms with Crippen molar-refractivity contribution in [2.75, 3.05) is 11.4 Å². The minimum atomic E-state index is -1.10. The van der Waals surface area contributed by atoms with Crippen LogP contribution in [0, 0.1) is 6.92 Å². The second-order valence-electron chi connectivity index (χ2n) is 7.24. The van der Waals surface area contributed by atoms with E-state index in [9.17, 15) is 19.5 Å². The quantitative estimate of drug-likeness (QED) is 0.642. The average molecular weight is 399 g/mol. The van der Waals surface area contributed by atoms with Gasteiger partial charge < -0.3 is 19.7 Å². The smallest absolute Gasteiger partial charge is 0.332 e. The highest BCUT2D eigenvalue weighted by Crippen LogP contribution is 2.31. The Bertz CT molecular complexity index is 1220. The number of aliphatic hydroxyl groups is 1. The number of aromatic nitrogens is 4. The third-order valence-electron chi connectivity index (χ3n) is 5.14. The van der Waals surface area contributed by atoms with E-state index in [2.05, 4.69) is 4.98 Å². The number of nitrogens with zero attached hydrogens (tertiary/aromatic N) is 5. The number of aryl methyl sites for hydroxylation is 2. The molecule has 0 aliphatic carbocycles. The maximum Gasteiger partial charge on any atom is 0.332 e. The first-order valence-corrected chi connectivity index (χ1v) is 9.22. The summed E-state index contributed by atoms with van der Waals surface area (Å²) in [5, 5.41) is 19.4. The molecule has 1 aromatic carbocycles. The molecule has 0 bridgehead atoms. The summed E-state index contributed by atoms with van der Waals surface area (Å²) in [5.74, 6) is -0.646.